The van der Waals surface area contributed by atoms with Crippen LogP contribution < -0.4 is 0 Å². The van der Waals surface area contributed by atoms with Gasteiger partial charge in [0.2, 0.25) is 0 Å². The Hall–Kier alpha value is -1.35. The molecule has 0 radical (unpaired) electrons. The number of halogens is 2. The van der Waals surface area contributed by atoms with Gasteiger partial charge in [0.1, 0.15) is 0 Å². The molecular formula is C13H10F2S. The van der Waals surface area contributed by atoms with Crippen LogP contribution in [0.1, 0.15) is 0 Å². The minimum Gasteiger partial charge on any atom is -0.204 e. The zero-order valence-electron chi connectivity index (χ0n) is 8.71. The molecule has 0 unspecified atom stereocenters. The van der Waals surface area contributed by atoms with Crippen LogP contribution in [-0.4, -0.2) is 6.26 Å². The molecule has 0 aliphatic carbocycles. The van der Waals surface area contributed by atoms with Crippen LogP contribution in [0.2, 0.25) is 0 Å². The van der Waals surface area contributed by atoms with Crippen LogP contribution in [0.5, 0.6) is 0 Å². The van der Waals surface area contributed by atoms with E-state index in [1.165, 1.54) is 11.8 Å². The Morgan fingerprint density at radius 3 is 2.25 bits per heavy atom. The number of thioether (sulfide) groups is 1. The van der Waals surface area contributed by atoms with Crippen LogP contribution in [0.3, 0.4) is 0 Å². The highest BCUT2D eigenvalue weighted by atomic mass is 32.2. The first-order valence-corrected chi connectivity index (χ1v) is 6.04. The Balaban J connectivity index is 2.62. The third kappa shape index (κ3) is 1.95. The van der Waals surface area contributed by atoms with Gasteiger partial charge in [-0.05, 0) is 23.4 Å². The molecule has 0 aromatic heterocycles. The molecule has 0 atom stereocenters. The summed E-state index contributed by atoms with van der Waals surface area (Å²) in [5.41, 5.74) is 1.62. The molecule has 0 bridgehead atoms. The number of hydrogen-bond acceptors (Lipinski definition) is 1. The van der Waals surface area contributed by atoms with Gasteiger partial charge in [-0.15, -0.1) is 11.8 Å². The minimum atomic E-state index is -0.802. The maximum absolute atomic E-state index is 13.6. The van der Waals surface area contributed by atoms with Gasteiger partial charge in [-0.3, -0.25) is 0 Å². The second-order valence-electron chi connectivity index (χ2n) is 3.31. The quantitative estimate of drug-likeness (QED) is 0.698. The molecule has 2 rings (SSSR count). The van der Waals surface area contributed by atoms with E-state index >= 15 is 0 Å². The standard InChI is InChI=1S/C13H10F2S/c1-16-13-10(7-8-11(14)12(13)15)9-5-3-2-4-6-9/h2-8H,1H3. The minimum absolute atomic E-state index is 0.353. The van der Waals surface area contributed by atoms with Gasteiger partial charge in [0.05, 0.1) is 4.90 Å². The Labute approximate surface area is 97.3 Å². The molecule has 0 aliphatic rings. The molecule has 0 spiro atoms. The summed E-state index contributed by atoms with van der Waals surface area (Å²) in [5, 5.41) is 0. The lowest BCUT2D eigenvalue weighted by atomic mass is 10.1. The van der Waals surface area contributed by atoms with Crippen molar-refractivity contribution in [3.8, 4) is 11.1 Å². The fraction of sp³-hybridized carbons (Fsp3) is 0.0769. The van der Waals surface area contributed by atoms with Crippen LogP contribution in [0.25, 0.3) is 11.1 Å². The first-order chi connectivity index (χ1) is 7.74. The maximum atomic E-state index is 13.6. The van der Waals surface area contributed by atoms with Gasteiger partial charge in [-0.25, -0.2) is 8.78 Å². The van der Waals surface area contributed by atoms with Crippen molar-refractivity contribution < 1.29 is 8.78 Å². The third-order valence-corrected chi connectivity index (χ3v) is 3.15. The van der Waals surface area contributed by atoms with Crippen molar-refractivity contribution in [3.05, 3.63) is 54.1 Å². The van der Waals surface area contributed by atoms with Gasteiger partial charge in [0.25, 0.3) is 0 Å². The van der Waals surface area contributed by atoms with E-state index in [0.29, 0.717) is 4.90 Å². The third-order valence-electron chi connectivity index (χ3n) is 2.34. The maximum Gasteiger partial charge on any atom is 0.172 e. The molecule has 82 valence electrons. The summed E-state index contributed by atoms with van der Waals surface area (Å²) in [7, 11) is 0. The van der Waals surface area contributed by atoms with E-state index in [4.69, 9.17) is 0 Å². The lowest BCUT2D eigenvalue weighted by Crippen LogP contribution is -1.91. The van der Waals surface area contributed by atoms with Crippen molar-refractivity contribution in [2.75, 3.05) is 6.26 Å². The summed E-state index contributed by atoms with van der Waals surface area (Å²) in [6.45, 7) is 0. The van der Waals surface area contributed by atoms with Crippen molar-refractivity contribution in [3.63, 3.8) is 0 Å². The molecule has 3 heteroatoms. The van der Waals surface area contributed by atoms with E-state index in [9.17, 15) is 8.78 Å². The summed E-state index contributed by atoms with van der Waals surface area (Å²) in [6, 6.07) is 12.2. The van der Waals surface area contributed by atoms with Gasteiger partial charge in [0.15, 0.2) is 11.6 Å². The van der Waals surface area contributed by atoms with Crippen LogP contribution in [0.15, 0.2) is 47.4 Å². The summed E-state index contributed by atoms with van der Waals surface area (Å²) in [5.74, 6) is -1.57. The molecular weight excluding hydrogens is 226 g/mol. The van der Waals surface area contributed by atoms with E-state index in [-0.39, 0.29) is 0 Å². The van der Waals surface area contributed by atoms with Gasteiger partial charge in [-0.2, -0.15) is 0 Å². The molecule has 0 saturated carbocycles. The predicted octanol–water partition coefficient (Wildman–Crippen LogP) is 4.35. The van der Waals surface area contributed by atoms with E-state index < -0.39 is 11.6 Å². The first kappa shape index (κ1) is 11.1. The highest BCUT2D eigenvalue weighted by Gasteiger charge is 2.13. The van der Waals surface area contributed by atoms with Gasteiger partial charge in [0, 0.05) is 0 Å². The molecule has 0 amide bonds. The summed E-state index contributed by atoms with van der Waals surface area (Å²) in [6.07, 6.45) is 1.74. The van der Waals surface area contributed by atoms with Crippen molar-refractivity contribution in [2.45, 2.75) is 4.90 Å². The Bertz CT molecular complexity index is 495. The Morgan fingerprint density at radius 1 is 0.938 bits per heavy atom. The molecule has 0 heterocycles. The van der Waals surface area contributed by atoms with Crippen molar-refractivity contribution in [1.29, 1.82) is 0 Å². The normalized spacial score (nSPS) is 10.4. The molecule has 0 fully saturated rings. The topological polar surface area (TPSA) is 0 Å². The number of rotatable bonds is 2. The largest absolute Gasteiger partial charge is 0.204 e. The number of hydrogen-bond donors (Lipinski definition) is 0. The van der Waals surface area contributed by atoms with Crippen molar-refractivity contribution in [1.82, 2.24) is 0 Å². The molecule has 0 saturated heterocycles. The summed E-state index contributed by atoms with van der Waals surface area (Å²) >= 11 is 1.22. The SMILES string of the molecule is CSc1c(-c2ccccc2)ccc(F)c1F. The monoisotopic (exact) mass is 236 g/mol. The van der Waals surface area contributed by atoms with Crippen LogP contribution >= 0.6 is 11.8 Å². The van der Waals surface area contributed by atoms with Crippen LogP contribution in [0, 0.1) is 11.6 Å². The smallest absolute Gasteiger partial charge is 0.172 e. The second kappa shape index (κ2) is 4.66. The second-order valence-corrected chi connectivity index (χ2v) is 4.12. The van der Waals surface area contributed by atoms with Gasteiger partial charge >= 0.3 is 0 Å². The van der Waals surface area contributed by atoms with Gasteiger partial charge < -0.3 is 0 Å². The fourth-order valence-electron chi connectivity index (χ4n) is 1.58. The molecule has 0 aliphatic heterocycles. The van der Waals surface area contributed by atoms with Crippen molar-refractivity contribution >= 4 is 11.8 Å². The average Bonchev–Trinajstić information content (AvgIpc) is 2.33. The van der Waals surface area contributed by atoms with E-state index in [1.54, 1.807) is 12.3 Å². The van der Waals surface area contributed by atoms with Crippen LogP contribution in [0.4, 0.5) is 8.78 Å². The van der Waals surface area contributed by atoms with Gasteiger partial charge in [-0.1, -0.05) is 36.4 Å². The molecule has 0 N–H and O–H groups in total. The highest BCUT2D eigenvalue weighted by Crippen LogP contribution is 2.33. The molecule has 2 aromatic rings. The highest BCUT2D eigenvalue weighted by molar-refractivity contribution is 7.98. The van der Waals surface area contributed by atoms with Crippen molar-refractivity contribution in [2.24, 2.45) is 0 Å². The van der Waals surface area contributed by atoms with E-state index in [2.05, 4.69) is 0 Å². The summed E-state index contributed by atoms with van der Waals surface area (Å²) < 4.78 is 26.6. The predicted molar refractivity (Wildman–Crippen MR) is 63.6 cm³/mol. The zero-order chi connectivity index (χ0) is 11.5. The van der Waals surface area contributed by atoms with E-state index in [0.717, 1.165) is 17.2 Å². The first-order valence-electron chi connectivity index (χ1n) is 4.81. The lowest BCUT2D eigenvalue weighted by molar-refractivity contribution is 0.492. The zero-order valence-corrected chi connectivity index (χ0v) is 9.52. The fourth-order valence-corrected chi connectivity index (χ4v) is 2.26. The molecule has 2 aromatic carbocycles. The van der Waals surface area contributed by atoms with E-state index in [1.807, 2.05) is 30.3 Å². The van der Waals surface area contributed by atoms with Crippen LogP contribution in [-0.2, 0) is 0 Å². The molecule has 16 heavy (non-hydrogen) atoms. The lowest BCUT2D eigenvalue weighted by Gasteiger charge is -2.08. The Morgan fingerprint density at radius 2 is 1.62 bits per heavy atom. The summed E-state index contributed by atoms with van der Waals surface area (Å²) in [4.78, 5) is 0.353. The number of benzene rings is 2. The average molecular weight is 236 g/mol. The Kier molecular flexibility index (Phi) is 3.25. The molecule has 0 nitrogen and oxygen atoms in total.